The molecule has 0 bridgehead atoms. The lowest BCUT2D eigenvalue weighted by molar-refractivity contribution is -0.255. The first-order valence-electron chi connectivity index (χ1n) is 12.0. The Hall–Kier alpha value is -0.160. The molecule has 0 atom stereocenters. The Morgan fingerprint density at radius 2 is 0.630 bits per heavy atom. The molecule has 0 saturated heterocycles. The molecule has 0 amide bonds. The van der Waals surface area contributed by atoms with E-state index in [-0.39, 0.29) is 12.6 Å². The van der Waals surface area contributed by atoms with Gasteiger partial charge in [0, 0.05) is 6.42 Å². The maximum atomic E-state index is 6.45. The fourth-order valence-electron chi connectivity index (χ4n) is 5.40. The predicted molar refractivity (Wildman–Crippen MR) is 106 cm³/mol. The highest BCUT2D eigenvalue weighted by molar-refractivity contribution is 4.74. The lowest BCUT2D eigenvalue weighted by Gasteiger charge is -2.31. The molecule has 0 N–H and O–H groups in total. The summed E-state index contributed by atoms with van der Waals surface area (Å²) in [6.45, 7) is 0. The molecule has 0 aromatic rings. The summed E-state index contributed by atoms with van der Waals surface area (Å²) in [7, 11) is 0. The Balaban J connectivity index is 1.35. The van der Waals surface area contributed by atoms with Gasteiger partial charge in [0.05, 0.1) is 24.4 Å². The molecule has 4 fully saturated rings. The van der Waals surface area contributed by atoms with Crippen LogP contribution in [0.1, 0.15) is 109 Å². The molecule has 0 aliphatic heterocycles. The van der Waals surface area contributed by atoms with Gasteiger partial charge < -0.3 is 18.9 Å². The van der Waals surface area contributed by atoms with Crippen molar-refractivity contribution >= 4 is 0 Å². The highest BCUT2D eigenvalue weighted by Crippen LogP contribution is 2.31. The molecule has 4 nitrogen and oxygen atoms in total. The van der Waals surface area contributed by atoms with Crippen LogP contribution in [0.5, 0.6) is 0 Å². The van der Waals surface area contributed by atoms with E-state index in [4.69, 9.17) is 18.9 Å². The van der Waals surface area contributed by atoms with Crippen LogP contribution in [-0.4, -0.2) is 37.0 Å². The van der Waals surface area contributed by atoms with Gasteiger partial charge in [-0.1, -0.05) is 51.4 Å². The van der Waals surface area contributed by atoms with Gasteiger partial charge in [-0.05, 0) is 51.4 Å². The third kappa shape index (κ3) is 6.42. The van der Waals surface area contributed by atoms with Gasteiger partial charge in [-0.25, -0.2) is 0 Å². The Bertz CT molecular complexity index is 331. The molecule has 0 heterocycles. The van der Waals surface area contributed by atoms with E-state index in [2.05, 4.69) is 0 Å². The Morgan fingerprint density at radius 3 is 0.852 bits per heavy atom. The van der Waals surface area contributed by atoms with Crippen molar-refractivity contribution in [3.05, 3.63) is 0 Å². The zero-order valence-electron chi connectivity index (χ0n) is 17.1. The highest BCUT2D eigenvalue weighted by atomic mass is 16.7. The van der Waals surface area contributed by atoms with Crippen molar-refractivity contribution in [2.75, 3.05) is 0 Å². The second-order valence-corrected chi connectivity index (χ2v) is 9.27. The molecular formula is C23H40O4. The van der Waals surface area contributed by atoms with E-state index in [1.165, 1.54) is 103 Å². The van der Waals surface area contributed by atoms with Crippen LogP contribution in [0.3, 0.4) is 0 Å². The van der Waals surface area contributed by atoms with E-state index in [0.29, 0.717) is 24.4 Å². The molecule has 4 saturated carbocycles. The van der Waals surface area contributed by atoms with Crippen LogP contribution < -0.4 is 0 Å². The Labute approximate surface area is 165 Å². The van der Waals surface area contributed by atoms with Crippen LogP contribution in [0.4, 0.5) is 0 Å². The maximum Gasteiger partial charge on any atom is 0.163 e. The summed E-state index contributed by atoms with van der Waals surface area (Å²) in [5.74, 6) is 0. The van der Waals surface area contributed by atoms with Crippen LogP contribution >= 0.6 is 0 Å². The van der Waals surface area contributed by atoms with E-state index in [1.54, 1.807) is 0 Å². The number of hydrogen-bond acceptors (Lipinski definition) is 4. The molecule has 4 heteroatoms. The van der Waals surface area contributed by atoms with Gasteiger partial charge in [-0.3, -0.25) is 0 Å². The Morgan fingerprint density at radius 1 is 0.407 bits per heavy atom. The van der Waals surface area contributed by atoms with E-state index in [9.17, 15) is 0 Å². The van der Waals surface area contributed by atoms with Gasteiger partial charge in [-0.2, -0.15) is 0 Å². The van der Waals surface area contributed by atoms with Gasteiger partial charge in [-0.15, -0.1) is 0 Å². The van der Waals surface area contributed by atoms with Gasteiger partial charge in [0.15, 0.2) is 12.6 Å². The smallest absolute Gasteiger partial charge is 0.163 e. The Kier molecular flexibility index (Phi) is 7.88. The average molecular weight is 381 g/mol. The highest BCUT2D eigenvalue weighted by Gasteiger charge is 2.31. The van der Waals surface area contributed by atoms with Gasteiger partial charge in [0.25, 0.3) is 0 Å². The molecule has 4 aliphatic rings. The summed E-state index contributed by atoms with van der Waals surface area (Å²) in [5, 5.41) is 0. The lowest BCUT2D eigenvalue weighted by atomic mass is 10.2. The van der Waals surface area contributed by atoms with E-state index in [0.717, 1.165) is 6.42 Å². The van der Waals surface area contributed by atoms with E-state index < -0.39 is 0 Å². The van der Waals surface area contributed by atoms with Crippen LogP contribution in [0.25, 0.3) is 0 Å². The largest absolute Gasteiger partial charge is 0.349 e. The predicted octanol–water partition coefficient (Wildman–Crippen LogP) is 5.87. The normalized spacial score (nSPS) is 26.4. The van der Waals surface area contributed by atoms with Crippen molar-refractivity contribution in [3.8, 4) is 0 Å². The van der Waals surface area contributed by atoms with Crippen molar-refractivity contribution in [3.63, 3.8) is 0 Å². The van der Waals surface area contributed by atoms with E-state index in [1.807, 2.05) is 0 Å². The molecule has 0 aromatic carbocycles. The van der Waals surface area contributed by atoms with Crippen LogP contribution in [0, 0.1) is 0 Å². The van der Waals surface area contributed by atoms with E-state index >= 15 is 0 Å². The third-order valence-corrected chi connectivity index (χ3v) is 6.97. The van der Waals surface area contributed by atoms with Crippen molar-refractivity contribution in [1.29, 1.82) is 0 Å². The first-order valence-corrected chi connectivity index (χ1v) is 12.0. The zero-order chi connectivity index (χ0) is 18.3. The van der Waals surface area contributed by atoms with Crippen LogP contribution in [-0.2, 0) is 18.9 Å². The van der Waals surface area contributed by atoms with Crippen molar-refractivity contribution < 1.29 is 18.9 Å². The summed E-state index contributed by atoms with van der Waals surface area (Å²) in [5.41, 5.74) is 0. The second-order valence-electron chi connectivity index (χ2n) is 9.27. The van der Waals surface area contributed by atoms with Gasteiger partial charge >= 0.3 is 0 Å². The fourth-order valence-corrected chi connectivity index (χ4v) is 5.40. The fraction of sp³-hybridized carbons (Fsp3) is 1.00. The summed E-state index contributed by atoms with van der Waals surface area (Å²) in [6.07, 6.45) is 21.7. The number of ether oxygens (including phenoxy) is 4. The minimum absolute atomic E-state index is 0.163. The zero-order valence-corrected chi connectivity index (χ0v) is 17.1. The summed E-state index contributed by atoms with van der Waals surface area (Å²) in [4.78, 5) is 0. The van der Waals surface area contributed by atoms with Crippen molar-refractivity contribution in [2.24, 2.45) is 0 Å². The molecule has 27 heavy (non-hydrogen) atoms. The molecular weight excluding hydrogens is 340 g/mol. The maximum absolute atomic E-state index is 6.45. The molecule has 0 radical (unpaired) electrons. The first kappa shape index (κ1) is 20.1. The summed E-state index contributed by atoms with van der Waals surface area (Å²) >= 11 is 0. The summed E-state index contributed by atoms with van der Waals surface area (Å²) in [6, 6.07) is 0. The van der Waals surface area contributed by atoms with Crippen molar-refractivity contribution in [2.45, 2.75) is 146 Å². The van der Waals surface area contributed by atoms with Gasteiger partial charge in [0.2, 0.25) is 0 Å². The number of rotatable bonds is 10. The molecule has 0 spiro atoms. The monoisotopic (exact) mass is 380 g/mol. The molecule has 156 valence electrons. The van der Waals surface area contributed by atoms with Gasteiger partial charge in [0.1, 0.15) is 0 Å². The van der Waals surface area contributed by atoms with Crippen LogP contribution in [0.2, 0.25) is 0 Å². The first-order chi connectivity index (χ1) is 13.3. The molecule has 0 aromatic heterocycles. The second kappa shape index (κ2) is 10.6. The standard InChI is InChI=1S/C23H40O4/c1-2-10-18(9-1)24-22(25-19-11-3-4-12-19)17-23(26-20-13-5-6-14-20)27-21-15-7-8-16-21/h18-23H,1-17H2. The number of hydrogen-bond donors (Lipinski definition) is 0. The molecule has 4 rings (SSSR count). The average Bonchev–Trinajstić information content (AvgIpc) is 3.45. The summed E-state index contributed by atoms with van der Waals surface area (Å²) < 4.78 is 25.8. The molecule has 0 unspecified atom stereocenters. The van der Waals surface area contributed by atoms with Crippen molar-refractivity contribution in [1.82, 2.24) is 0 Å². The quantitative estimate of drug-likeness (QED) is 0.444. The van der Waals surface area contributed by atoms with Crippen LogP contribution in [0.15, 0.2) is 0 Å². The lowest BCUT2D eigenvalue weighted by Crippen LogP contribution is -2.35. The topological polar surface area (TPSA) is 36.9 Å². The SMILES string of the molecule is C1CCC(OC(CC(OC2CCCC2)OC2CCCC2)OC2CCCC2)C1. The minimum atomic E-state index is -0.163. The third-order valence-electron chi connectivity index (χ3n) is 6.97. The molecule has 4 aliphatic carbocycles. The minimum Gasteiger partial charge on any atom is -0.349 e.